The van der Waals surface area contributed by atoms with E-state index in [4.69, 9.17) is 5.11 Å². The molecule has 2 N–H and O–H groups in total. The molecule has 0 bridgehead atoms. The van der Waals surface area contributed by atoms with Gasteiger partial charge in [0.1, 0.15) is 5.82 Å². The van der Waals surface area contributed by atoms with Crippen LogP contribution in [0.1, 0.15) is 35.6 Å². The molecule has 1 aliphatic rings. The first-order valence-electron chi connectivity index (χ1n) is 5.17. The predicted molar refractivity (Wildman–Crippen MR) is 54.7 cm³/mol. The van der Waals surface area contributed by atoms with Crippen LogP contribution in [0.15, 0.2) is 4.79 Å². The molecule has 0 saturated heterocycles. The van der Waals surface area contributed by atoms with Crippen LogP contribution in [-0.2, 0) is 13.0 Å². The molecule has 1 aromatic heterocycles. The van der Waals surface area contributed by atoms with E-state index in [1.807, 2.05) is 0 Å². The smallest absolute Gasteiger partial charge is 0.358 e. The molecule has 0 fully saturated rings. The molecule has 0 unspecified atom stereocenters. The number of hydrogen-bond donors (Lipinski definition) is 2. The number of fused-ring (bicyclic) bond motifs is 1. The molecule has 16 heavy (non-hydrogen) atoms. The highest BCUT2D eigenvalue weighted by atomic mass is 16.4. The lowest BCUT2D eigenvalue weighted by Gasteiger charge is -2.09. The minimum atomic E-state index is -1.37. The van der Waals surface area contributed by atoms with Crippen molar-refractivity contribution in [1.29, 1.82) is 0 Å². The minimum absolute atomic E-state index is 0.456. The molecule has 0 atom stereocenters. The Labute approximate surface area is 91.2 Å². The van der Waals surface area contributed by atoms with Gasteiger partial charge in [-0.05, 0) is 12.8 Å². The van der Waals surface area contributed by atoms with Crippen molar-refractivity contribution in [3.05, 3.63) is 21.9 Å². The molecule has 1 aliphatic heterocycles. The number of aromatic hydroxyl groups is 1. The molecule has 2 rings (SSSR count). The van der Waals surface area contributed by atoms with Crippen LogP contribution in [0.25, 0.3) is 0 Å². The molecule has 0 aromatic carbocycles. The lowest BCUT2D eigenvalue weighted by molar-refractivity contribution is 0.0685. The van der Waals surface area contributed by atoms with Gasteiger partial charge >= 0.3 is 5.97 Å². The fourth-order valence-corrected chi connectivity index (χ4v) is 1.89. The van der Waals surface area contributed by atoms with Crippen LogP contribution in [0.2, 0.25) is 0 Å². The molecule has 6 heteroatoms. The van der Waals surface area contributed by atoms with Crippen LogP contribution in [0.4, 0.5) is 0 Å². The number of nitrogens with zero attached hydrogens (tertiary/aromatic N) is 2. The lowest BCUT2D eigenvalue weighted by atomic mass is 10.2. The third-order valence-corrected chi connectivity index (χ3v) is 2.71. The van der Waals surface area contributed by atoms with Crippen molar-refractivity contribution >= 4 is 5.97 Å². The number of rotatable bonds is 1. The lowest BCUT2D eigenvalue weighted by Crippen LogP contribution is -2.26. The minimum Gasteiger partial charge on any atom is -0.501 e. The number of aromatic nitrogens is 2. The second-order valence-electron chi connectivity index (χ2n) is 3.80. The molecule has 0 spiro atoms. The molecule has 1 aromatic rings. The number of hydrogen-bond acceptors (Lipinski definition) is 4. The summed E-state index contributed by atoms with van der Waals surface area (Å²) < 4.78 is 1.37. The Hall–Kier alpha value is -1.85. The van der Waals surface area contributed by atoms with Gasteiger partial charge in [0.05, 0.1) is 0 Å². The first-order valence-corrected chi connectivity index (χ1v) is 5.17. The van der Waals surface area contributed by atoms with E-state index in [1.165, 1.54) is 4.57 Å². The summed E-state index contributed by atoms with van der Waals surface area (Å²) in [6, 6.07) is 0. The Morgan fingerprint density at radius 2 is 2.06 bits per heavy atom. The zero-order valence-electron chi connectivity index (χ0n) is 8.64. The summed E-state index contributed by atoms with van der Waals surface area (Å²) in [6.07, 6.45) is 3.29. The molecule has 2 heterocycles. The van der Waals surface area contributed by atoms with E-state index in [9.17, 15) is 14.7 Å². The quantitative estimate of drug-likeness (QED) is 0.719. The molecule has 0 amide bonds. The van der Waals surface area contributed by atoms with Gasteiger partial charge in [-0.3, -0.25) is 9.36 Å². The SMILES string of the molecule is O=C(O)c1nc2n(c(=O)c1O)CCCCC2. The zero-order valence-corrected chi connectivity index (χ0v) is 8.64. The first kappa shape index (κ1) is 10.7. The largest absolute Gasteiger partial charge is 0.501 e. The molecule has 0 radical (unpaired) electrons. The van der Waals surface area contributed by atoms with Gasteiger partial charge in [-0.25, -0.2) is 9.78 Å². The zero-order chi connectivity index (χ0) is 11.7. The Balaban J connectivity index is 2.64. The third-order valence-electron chi connectivity index (χ3n) is 2.71. The van der Waals surface area contributed by atoms with Gasteiger partial charge in [0.25, 0.3) is 5.56 Å². The fourth-order valence-electron chi connectivity index (χ4n) is 1.89. The van der Waals surface area contributed by atoms with Crippen molar-refractivity contribution in [1.82, 2.24) is 9.55 Å². The normalized spacial score (nSPS) is 15.2. The average Bonchev–Trinajstić information content (AvgIpc) is 2.48. The molecule has 6 nitrogen and oxygen atoms in total. The van der Waals surface area contributed by atoms with Crippen molar-refractivity contribution in [2.45, 2.75) is 32.2 Å². The maximum absolute atomic E-state index is 11.7. The van der Waals surface area contributed by atoms with Gasteiger partial charge in [-0.1, -0.05) is 6.42 Å². The van der Waals surface area contributed by atoms with E-state index < -0.39 is 23.0 Å². The van der Waals surface area contributed by atoms with Crippen molar-refractivity contribution in [2.24, 2.45) is 0 Å². The first-order chi connectivity index (χ1) is 7.61. The molecular weight excluding hydrogens is 212 g/mol. The Kier molecular flexibility index (Phi) is 2.64. The summed E-state index contributed by atoms with van der Waals surface area (Å²) in [4.78, 5) is 26.3. The van der Waals surface area contributed by atoms with Crippen LogP contribution < -0.4 is 5.56 Å². The summed E-state index contributed by atoms with van der Waals surface area (Å²) in [6.45, 7) is 0.495. The van der Waals surface area contributed by atoms with Crippen LogP contribution in [-0.4, -0.2) is 25.7 Å². The summed E-state index contributed by atoms with van der Waals surface area (Å²) in [5.74, 6) is -1.68. The maximum atomic E-state index is 11.7. The summed E-state index contributed by atoms with van der Waals surface area (Å²) in [7, 11) is 0. The van der Waals surface area contributed by atoms with E-state index in [-0.39, 0.29) is 0 Å². The summed E-state index contributed by atoms with van der Waals surface area (Å²) in [5, 5.41) is 18.2. The topological polar surface area (TPSA) is 92.4 Å². The van der Waals surface area contributed by atoms with Crippen LogP contribution in [0.5, 0.6) is 5.75 Å². The maximum Gasteiger partial charge on any atom is 0.358 e. The van der Waals surface area contributed by atoms with Crippen LogP contribution >= 0.6 is 0 Å². The van der Waals surface area contributed by atoms with Crippen molar-refractivity contribution in [3.63, 3.8) is 0 Å². The average molecular weight is 224 g/mol. The second-order valence-corrected chi connectivity index (χ2v) is 3.80. The standard InChI is InChI=1S/C10H12N2O4/c13-8-7(10(15)16)11-6-4-2-1-3-5-12(6)9(8)14/h13H,1-5H2,(H,15,16). The van der Waals surface area contributed by atoms with Gasteiger partial charge in [0.15, 0.2) is 5.69 Å². The molecule has 86 valence electrons. The number of aromatic carboxylic acids is 1. The highest BCUT2D eigenvalue weighted by Crippen LogP contribution is 2.15. The van der Waals surface area contributed by atoms with E-state index in [1.54, 1.807) is 0 Å². The Morgan fingerprint density at radius 3 is 2.75 bits per heavy atom. The highest BCUT2D eigenvalue weighted by Gasteiger charge is 2.21. The van der Waals surface area contributed by atoms with E-state index in [0.717, 1.165) is 19.3 Å². The highest BCUT2D eigenvalue weighted by molar-refractivity contribution is 5.88. The second kappa shape index (κ2) is 3.96. The van der Waals surface area contributed by atoms with Gasteiger partial charge in [-0.15, -0.1) is 0 Å². The van der Waals surface area contributed by atoms with Crippen molar-refractivity contribution in [2.75, 3.05) is 0 Å². The Bertz CT molecular complexity index is 492. The van der Waals surface area contributed by atoms with Gasteiger partial charge < -0.3 is 10.2 Å². The number of carboxylic acids is 1. The number of carbonyl (C=O) groups is 1. The fraction of sp³-hybridized carbons (Fsp3) is 0.500. The Morgan fingerprint density at radius 1 is 1.31 bits per heavy atom. The van der Waals surface area contributed by atoms with Crippen LogP contribution in [0, 0.1) is 0 Å². The number of aryl methyl sites for hydroxylation is 1. The summed E-state index contributed by atoms with van der Waals surface area (Å²) >= 11 is 0. The molecule has 0 saturated carbocycles. The van der Waals surface area contributed by atoms with Gasteiger partial charge in [0, 0.05) is 13.0 Å². The van der Waals surface area contributed by atoms with E-state index >= 15 is 0 Å². The van der Waals surface area contributed by atoms with Gasteiger partial charge in [0.2, 0.25) is 5.75 Å². The predicted octanol–water partition coefficient (Wildman–Crippen LogP) is 0.373. The van der Waals surface area contributed by atoms with Crippen molar-refractivity contribution < 1.29 is 15.0 Å². The van der Waals surface area contributed by atoms with Gasteiger partial charge in [-0.2, -0.15) is 0 Å². The van der Waals surface area contributed by atoms with E-state index in [0.29, 0.717) is 18.8 Å². The summed E-state index contributed by atoms with van der Waals surface area (Å²) in [5.41, 5.74) is -1.19. The molecular formula is C10H12N2O4. The van der Waals surface area contributed by atoms with Crippen molar-refractivity contribution in [3.8, 4) is 5.75 Å². The monoisotopic (exact) mass is 224 g/mol. The van der Waals surface area contributed by atoms with E-state index in [2.05, 4.69) is 4.98 Å². The van der Waals surface area contributed by atoms with Crippen LogP contribution in [0.3, 0.4) is 0 Å². The number of carboxylic acid groups (broad SMARTS) is 1. The molecule has 0 aliphatic carbocycles. The third kappa shape index (κ3) is 1.66.